The molecule has 18 heavy (non-hydrogen) atoms. The van der Waals surface area contributed by atoms with Gasteiger partial charge in [0.2, 0.25) is 0 Å². The molecule has 1 rings (SSSR count). The maximum atomic E-state index is 13.2. The van der Waals surface area contributed by atoms with Gasteiger partial charge in [-0.25, -0.2) is 4.39 Å². The van der Waals surface area contributed by atoms with Crippen molar-refractivity contribution in [2.24, 2.45) is 0 Å². The van der Waals surface area contributed by atoms with Crippen LogP contribution in [0.5, 0.6) is 5.75 Å². The molecule has 0 amide bonds. The fourth-order valence-corrected chi connectivity index (χ4v) is 5.09. The molecule has 104 valence electrons. The lowest BCUT2D eigenvalue weighted by molar-refractivity contribution is 0.382. The molecule has 0 heterocycles. The van der Waals surface area contributed by atoms with Gasteiger partial charge in [0.25, 0.3) is 0 Å². The van der Waals surface area contributed by atoms with E-state index in [1.54, 1.807) is 0 Å². The average Bonchev–Trinajstić information content (AvgIpc) is 2.33. The molecule has 0 saturated carbocycles. The highest BCUT2D eigenvalue weighted by atomic mass is 127. The van der Waals surface area contributed by atoms with E-state index >= 15 is 0 Å². The third-order valence-electron chi connectivity index (χ3n) is 3.10. The fraction of sp³-hybridized carbons (Fsp3) is 0.538. The molecule has 0 aromatic heterocycles. The molecular weight excluding hydrogens is 386 g/mol. The van der Waals surface area contributed by atoms with Crippen LogP contribution in [0.1, 0.15) is 19.4 Å². The van der Waals surface area contributed by atoms with Crippen LogP contribution in [0.2, 0.25) is 0 Å². The molecule has 0 saturated heterocycles. The SMILES string of the molecule is CCS(CC)(CCl)COc1c(C)cc(F)cc1I. The number of hydrogen-bond donors (Lipinski definition) is 0. The van der Waals surface area contributed by atoms with Gasteiger partial charge in [0.1, 0.15) is 17.5 Å². The van der Waals surface area contributed by atoms with Crippen LogP contribution in [-0.2, 0) is 0 Å². The molecule has 1 aromatic rings. The molecule has 5 heteroatoms. The zero-order chi connectivity index (χ0) is 13.8. The smallest absolute Gasteiger partial charge is 0.136 e. The summed E-state index contributed by atoms with van der Waals surface area (Å²) in [6.45, 7) is 6.19. The first-order valence-corrected chi connectivity index (χ1v) is 9.78. The number of aryl methyl sites for hydroxylation is 1. The van der Waals surface area contributed by atoms with E-state index in [2.05, 4.69) is 36.4 Å². The van der Waals surface area contributed by atoms with Crippen LogP contribution >= 0.6 is 44.2 Å². The van der Waals surface area contributed by atoms with Gasteiger partial charge in [-0.3, -0.25) is 0 Å². The molecular formula is C13H19ClFIOS. The highest BCUT2D eigenvalue weighted by Crippen LogP contribution is 2.48. The quantitative estimate of drug-likeness (QED) is 0.472. The van der Waals surface area contributed by atoms with Gasteiger partial charge in [0, 0.05) is 0 Å². The summed E-state index contributed by atoms with van der Waals surface area (Å²) in [5.41, 5.74) is 0.842. The molecule has 0 N–H and O–H groups in total. The summed E-state index contributed by atoms with van der Waals surface area (Å²) in [5, 5.41) is 0.664. The zero-order valence-electron chi connectivity index (χ0n) is 10.9. The summed E-state index contributed by atoms with van der Waals surface area (Å²) in [7, 11) is -0.906. The number of ether oxygens (including phenoxy) is 1. The third kappa shape index (κ3) is 3.90. The van der Waals surface area contributed by atoms with Crippen LogP contribution in [0.25, 0.3) is 0 Å². The van der Waals surface area contributed by atoms with Crippen LogP contribution in [0.15, 0.2) is 12.1 Å². The molecule has 0 spiro atoms. The normalized spacial score (nSPS) is 12.6. The van der Waals surface area contributed by atoms with Crippen LogP contribution in [0.3, 0.4) is 0 Å². The summed E-state index contributed by atoms with van der Waals surface area (Å²) in [4.78, 5) is 0. The summed E-state index contributed by atoms with van der Waals surface area (Å²) < 4.78 is 20.0. The maximum Gasteiger partial charge on any atom is 0.136 e. The van der Waals surface area contributed by atoms with Crippen molar-refractivity contribution in [1.82, 2.24) is 0 Å². The van der Waals surface area contributed by atoms with E-state index < -0.39 is 10.0 Å². The second-order valence-corrected chi connectivity index (χ2v) is 10.1. The van der Waals surface area contributed by atoms with Crippen molar-refractivity contribution in [1.29, 1.82) is 0 Å². The monoisotopic (exact) mass is 404 g/mol. The number of benzene rings is 1. The van der Waals surface area contributed by atoms with Crippen molar-refractivity contribution < 1.29 is 9.13 Å². The van der Waals surface area contributed by atoms with Gasteiger partial charge in [0.05, 0.1) is 8.78 Å². The topological polar surface area (TPSA) is 9.23 Å². The van der Waals surface area contributed by atoms with Gasteiger partial charge in [-0.15, -0.1) is 11.6 Å². The standard InChI is InChI=1S/C13H19ClFIOS/c1-4-18(5-2,8-14)9-17-13-10(3)6-11(15)7-12(13)16/h6-7H,4-5,8-9H2,1-3H3. The number of hydrogen-bond acceptors (Lipinski definition) is 1. The van der Waals surface area contributed by atoms with Crippen LogP contribution < -0.4 is 4.74 Å². The van der Waals surface area contributed by atoms with Crippen molar-refractivity contribution >= 4 is 44.2 Å². The van der Waals surface area contributed by atoms with Gasteiger partial charge in [0.15, 0.2) is 0 Å². The second kappa shape index (κ2) is 7.20. The Balaban J connectivity index is 2.86. The molecule has 0 bridgehead atoms. The Morgan fingerprint density at radius 2 is 1.94 bits per heavy atom. The largest absolute Gasteiger partial charge is 0.483 e. The minimum Gasteiger partial charge on any atom is -0.483 e. The van der Waals surface area contributed by atoms with Crippen LogP contribution in [-0.4, -0.2) is 22.7 Å². The van der Waals surface area contributed by atoms with E-state index in [0.717, 1.165) is 26.4 Å². The Morgan fingerprint density at radius 3 is 2.39 bits per heavy atom. The van der Waals surface area contributed by atoms with Gasteiger partial charge < -0.3 is 4.74 Å². The van der Waals surface area contributed by atoms with Gasteiger partial charge >= 0.3 is 0 Å². The highest BCUT2D eigenvalue weighted by molar-refractivity contribution is 14.1. The van der Waals surface area contributed by atoms with E-state index in [0.29, 0.717) is 11.2 Å². The summed E-state index contributed by atoms with van der Waals surface area (Å²) in [6.07, 6.45) is 0. The van der Waals surface area contributed by atoms with Gasteiger partial charge in [-0.1, -0.05) is 13.8 Å². The third-order valence-corrected chi connectivity index (χ3v) is 8.82. The number of halogens is 3. The lowest BCUT2D eigenvalue weighted by Gasteiger charge is -2.35. The van der Waals surface area contributed by atoms with Crippen molar-refractivity contribution in [3.63, 3.8) is 0 Å². The molecule has 1 aromatic carbocycles. The summed E-state index contributed by atoms with van der Waals surface area (Å²) >= 11 is 8.20. The molecule has 0 fully saturated rings. The lowest BCUT2D eigenvalue weighted by Crippen LogP contribution is -2.17. The first-order chi connectivity index (χ1) is 8.48. The second-order valence-electron chi connectivity index (χ2n) is 4.21. The first kappa shape index (κ1) is 16.4. The van der Waals surface area contributed by atoms with Crippen molar-refractivity contribution in [3.05, 3.63) is 27.1 Å². The zero-order valence-corrected chi connectivity index (χ0v) is 14.7. The Kier molecular flexibility index (Phi) is 6.55. The Morgan fingerprint density at radius 1 is 1.33 bits per heavy atom. The van der Waals surface area contributed by atoms with Crippen molar-refractivity contribution in [2.45, 2.75) is 20.8 Å². The summed E-state index contributed by atoms with van der Waals surface area (Å²) in [6, 6.07) is 3.01. The fourth-order valence-electron chi connectivity index (χ4n) is 1.61. The van der Waals surface area contributed by atoms with Crippen molar-refractivity contribution in [3.8, 4) is 5.75 Å². The van der Waals surface area contributed by atoms with Gasteiger partial charge in [-0.2, -0.15) is 10.0 Å². The first-order valence-electron chi connectivity index (χ1n) is 5.86. The molecule has 0 aliphatic rings. The average molecular weight is 405 g/mol. The van der Waals surface area contributed by atoms with Gasteiger partial charge in [-0.05, 0) is 58.7 Å². The van der Waals surface area contributed by atoms with Crippen LogP contribution in [0.4, 0.5) is 4.39 Å². The molecule has 1 nitrogen and oxygen atoms in total. The Hall–Kier alpha value is 0.320. The van der Waals surface area contributed by atoms with Crippen LogP contribution in [0, 0.1) is 16.3 Å². The van der Waals surface area contributed by atoms with E-state index in [-0.39, 0.29) is 5.82 Å². The van der Waals surface area contributed by atoms with Crippen molar-refractivity contribution in [2.75, 3.05) is 22.7 Å². The predicted octanol–water partition coefficient (Wildman–Crippen LogP) is 5.12. The number of alkyl halides is 1. The lowest BCUT2D eigenvalue weighted by atomic mass is 10.2. The molecule has 0 aliphatic heterocycles. The van der Waals surface area contributed by atoms with E-state index in [9.17, 15) is 4.39 Å². The van der Waals surface area contributed by atoms with E-state index in [4.69, 9.17) is 16.3 Å². The Labute approximate surface area is 129 Å². The van der Waals surface area contributed by atoms with E-state index in [1.807, 2.05) is 6.92 Å². The maximum absolute atomic E-state index is 13.2. The number of rotatable bonds is 6. The molecule has 0 aliphatic carbocycles. The van der Waals surface area contributed by atoms with E-state index in [1.165, 1.54) is 12.1 Å². The molecule has 0 unspecified atom stereocenters. The Bertz CT molecular complexity index is 379. The summed E-state index contributed by atoms with van der Waals surface area (Å²) in [5.74, 6) is 3.35. The highest BCUT2D eigenvalue weighted by Gasteiger charge is 2.20. The molecule has 0 atom stereocenters. The minimum atomic E-state index is -0.906. The predicted molar refractivity (Wildman–Crippen MR) is 88.7 cm³/mol. The minimum absolute atomic E-state index is 0.216. The molecule has 0 radical (unpaired) electrons.